The van der Waals surface area contributed by atoms with Gasteiger partial charge < -0.3 is 30.1 Å². The highest BCUT2D eigenvalue weighted by Crippen LogP contribution is 2.36. The van der Waals surface area contributed by atoms with Crippen LogP contribution in [0.4, 0.5) is 4.79 Å². The summed E-state index contributed by atoms with van der Waals surface area (Å²) < 4.78 is 9.88. The molecule has 35 heavy (non-hydrogen) atoms. The van der Waals surface area contributed by atoms with Crippen molar-refractivity contribution in [1.82, 2.24) is 15.5 Å². The van der Waals surface area contributed by atoms with E-state index in [1.54, 1.807) is 20.8 Å². The van der Waals surface area contributed by atoms with E-state index in [1.807, 2.05) is 32.0 Å². The number of carbonyl (C=O) groups is 4. The molecule has 1 aliphatic rings. The number of aliphatic hydroxyl groups is 1. The van der Waals surface area contributed by atoms with E-state index in [0.717, 1.165) is 17.5 Å². The van der Waals surface area contributed by atoms with E-state index >= 15 is 0 Å². The molecule has 1 saturated carbocycles. The quantitative estimate of drug-likeness (QED) is 0.449. The molecule has 10 heteroatoms. The fourth-order valence-electron chi connectivity index (χ4n) is 3.98. The molecule has 0 aliphatic heterocycles. The number of aliphatic hydroxyl groups excluding tert-OH is 1. The van der Waals surface area contributed by atoms with Gasteiger partial charge in [-0.05, 0) is 70.6 Å². The second-order valence-corrected chi connectivity index (χ2v) is 9.71. The molecule has 10 nitrogen and oxygen atoms in total. The van der Waals surface area contributed by atoms with E-state index < -0.39 is 48.2 Å². The molecule has 2 unspecified atom stereocenters. The summed E-state index contributed by atoms with van der Waals surface area (Å²) in [5, 5.41) is 15.0. The van der Waals surface area contributed by atoms with Gasteiger partial charge in [0.05, 0.1) is 13.7 Å². The third-order valence-corrected chi connectivity index (χ3v) is 5.87. The van der Waals surface area contributed by atoms with Gasteiger partial charge in [-0.15, -0.1) is 0 Å². The van der Waals surface area contributed by atoms with Crippen molar-refractivity contribution in [2.24, 2.45) is 0 Å². The van der Waals surface area contributed by atoms with E-state index in [4.69, 9.17) is 4.74 Å². The molecule has 2 rings (SSSR count). The second kappa shape index (κ2) is 12.0. The minimum absolute atomic E-state index is 0.273. The average Bonchev–Trinajstić information content (AvgIpc) is 2.73. The molecule has 0 aromatic heterocycles. The Balaban J connectivity index is 2.48. The van der Waals surface area contributed by atoms with Crippen LogP contribution in [0.15, 0.2) is 18.2 Å². The van der Waals surface area contributed by atoms with Crippen LogP contribution in [0.25, 0.3) is 0 Å². The molecule has 2 atom stereocenters. The molecule has 1 aromatic carbocycles. The third kappa shape index (κ3) is 7.42. The van der Waals surface area contributed by atoms with Gasteiger partial charge in [-0.25, -0.2) is 4.79 Å². The Hall–Kier alpha value is -3.14. The number of nitrogens with one attached hydrogen (secondary N) is 2. The van der Waals surface area contributed by atoms with Crippen LogP contribution in [-0.2, 0) is 23.9 Å². The van der Waals surface area contributed by atoms with Crippen molar-refractivity contribution in [3.05, 3.63) is 34.9 Å². The Labute approximate surface area is 206 Å². The Morgan fingerprint density at radius 3 is 2.20 bits per heavy atom. The summed E-state index contributed by atoms with van der Waals surface area (Å²) in [7, 11) is 1.22. The minimum atomic E-state index is -1.31. The topological polar surface area (TPSA) is 134 Å². The monoisotopic (exact) mass is 491 g/mol. The number of rotatable bonds is 9. The van der Waals surface area contributed by atoms with E-state index in [2.05, 4.69) is 15.4 Å². The highest BCUT2D eigenvalue weighted by atomic mass is 16.6. The minimum Gasteiger partial charge on any atom is -0.468 e. The van der Waals surface area contributed by atoms with Crippen molar-refractivity contribution in [2.75, 3.05) is 20.3 Å². The van der Waals surface area contributed by atoms with Crippen LogP contribution in [0.1, 0.15) is 62.8 Å². The van der Waals surface area contributed by atoms with Gasteiger partial charge in [0.2, 0.25) is 11.8 Å². The molecular formula is C25H37N3O7. The molecule has 0 heterocycles. The van der Waals surface area contributed by atoms with Crippen LogP contribution in [0.5, 0.6) is 0 Å². The first-order valence-corrected chi connectivity index (χ1v) is 11.7. The van der Waals surface area contributed by atoms with Crippen molar-refractivity contribution in [3.8, 4) is 0 Å². The summed E-state index contributed by atoms with van der Waals surface area (Å²) in [5.41, 5.74) is 1.42. The Morgan fingerprint density at radius 1 is 1.14 bits per heavy atom. The number of alkyl carbamates (subject to hydrolysis) is 1. The summed E-state index contributed by atoms with van der Waals surface area (Å²) in [6.07, 6.45) is 1.36. The molecule has 1 aromatic rings. The maximum atomic E-state index is 13.8. The van der Waals surface area contributed by atoms with Gasteiger partial charge in [-0.2, -0.15) is 0 Å². The Bertz CT molecular complexity index is 917. The Morgan fingerprint density at radius 2 is 1.74 bits per heavy atom. The number of esters is 1. The number of ether oxygens (including phenoxy) is 2. The standard InChI is InChI=1S/C25H37N3O7/c1-15-9-7-10-16(2)20(15)21(22(31)26-13-19(30)34-6)28(17-11-8-12-17)23(32)18(14-29)27-24(33)35-25(3,4)5/h7,9-10,17-18,21,29H,8,11-14H2,1-6H3,(H,26,31)(H,27,33). The van der Waals surface area contributed by atoms with Crippen LogP contribution in [-0.4, -0.2) is 71.8 Å². The molecule has 3 N–H and O–H groups in total. The number of aryl methyl sites for hydroxylation is 2. The lowest BCUT2D eigenvalue weighted by Crippen LogP contribution is -2.58. The summed E-state index contributed by atoms with van der Waals surface area (Å²) in [6, 6.07) is 2.88. The number of amides is 3. The number of nitrogens with zero attached hydrogens (tertiary/aromatic N) is 1. The normalized spacial score (nSPS) is 15.3. The molecule has 0 radical (unpaired) electrons. The van der Waals surface area contributed by atoms with Gasteiger partial charge in [-0.1, -0.05) is 18.2 Å². The van der Waals surface area contributed by atoms with Crippen molar-refractivity contribution < 1.29 is 33.8 Å². The van der Waals surface area contributed by atoms with Gasteiger partial charge in [0.15, 0.2) is 0 Å². The predicted molar refractivity (Wildman–Crippen MR) is 128 cm³/mol. The van der Waals surface area contributed by atoms with E-state index in [-0.39, 0.29) is 12.6 Å². The molecule has 194 valence electrons. The summed E-state index contributed by atoms with van der Waals surface area (Å²) in [4.78, 5) is 52.7. The van der Waals surface area contributed by atoms with Crippen molar-refractivity contribution in [3.63, 3.8) is 0 Å². The van der Waals surface area contributed by atoms with Gasteiger partial charge in [-0.3, -0.25) is 14.4 Å². The van der Waals surface area contributed by atoms with Crippen LogP contribution >= 0.6 is 0 Å². The van der Waals surface area contributed by atoms with Crippen molar-refractivity contribution >= 4 is 23.9 Å². The van der Waals surface area contributed by atoms with Crippen LogP contribution in [0, 0.1) is 13.8 Å². The van der Waals surface area contributed by atoms with Crippen LogP contribution < -0.4 is 10.6 Å². The number of carbonyl (C=O) groups excluding carboxylic acids is 4. The third-order valence-electron chi connectivity index (χ3n) is 5.87. The Kier molecular flexibility index (Phi) is 9.64. The second-order valence-electron chi connectivity index (χ2n) is 9.71. The fraction of sp³-hybridized carbons (Fsp3) is 0.600. The van der Waals surface area contributed by atoms with E-state index in [1.165, 1.54) is 12.0 Å². The molecule has 3 amide bonds. The molecule has 0 saturated heterocycles. The highest BCUT2D eigenvalue weighted by molar-refractivity contribution is 5.94. The number of hydrogen-bond donors (Lipinski definition) is 3. The molecule has 0 bridgehead atoms. The first-order chi connectivity index (χ1) is 16.4. The van der Waals surface area contributed by atoms with Gasteiger partial charge in [0.25, 0.3) is 0 Å². The molecule has 1 fully saturated rings. The van der Waals surface area contributed by atoms with E-state index in [9.17, 15) is 24.3 Å². The lowest BCUT2D eigenvalue weighted by Gasteiger charge is -2.44. The van der Waals surface area contributed by atoms with Gasteiger partial charge >= 0.3 is 12.1 Å². The smallest absolute Gasteiger partial charge is 0.408 e. The zero-order valence-corrected chi connectivity index (χ0v) is 21.3. The van der Waals surface area contributed by atoms with Gasteiger partial charge in [0.1, 0.15) is 24.2 Å². The highest BCUT2D eigenvalue weighted by Gasteiger charge is 2.42. The van der Waals surface area contributed by atoms with Crippen molar-refractivity contribution in [1.29, 1.82) is 0 Å². The zero-order chi connectivity index (χ0) is 26.3. The van der Waals surface area contributed by atoms with Crippen molar-refractivity contribution in [2.45, 2.75) is 77.6 Å². The lowest BCUT2D eigenvalue weighted by molar-refractivity contribution is -0.149. The van der Waals surface area contributed by atoms with Crippen LogP contribution in [0.3, 0.4) is 0 Å². The van der Waals surface area contributed by atoms with Gasteiger partial charge in [0, 0.05) is 6.04 Å². The molecule has 1 aliphatic carbocycles. The zero-order valence-electron chi connectivity index (χ0n) is 21.3. The predicted octanol–water partition coefficient (Wildman–Crippen LogP) is 1.90. The first-order valence-electron chi connectivity index (χ1n) is 11.7. The van der Waals surface area contributed by atoms with E-state index in [0.29, 0.717) is 18.4 Å². The number of hydrogen-bond acceptors (Lipinski definition) is 7. The van der Waals surface area contributed by atoms with Crippen LogP contribution in [0.2, 0.25) is 0 Å². The summed E-state index contributed by atoms with van der Waals surface area (Å²) >= 11 is 0. The average molecular weight is 492 g/mol. The summed E-state index contributed by atoms with van der Waals surface area (Å²) in [5.74, 6) is -1.79. The molecule has 0 spiro atoms. The lowest BCUT2D eigenvalue weighted by atomic mass is 9.86. The maximum absolute atomic E-state index is 13.8. The number of methoxy groups -OCH3 is 1. The SMILES string of the molecule is COC(=O)CNC(=O)C(c1c(C)cccc1C)N(C(=O)C(CO)NC(=O)OC(C)(C)C)C1CCC1. The fourth-order valence-corrected chi connectivity index (χ4v) is 3.98. The first kappa shape index (κ1) is 28.1. The number of benzene rings is 1. The largest absolute Gasteiger partial charge is 0.468 e. The maximum Gasteiger partial charge on any atom is 0.408 e. The summed E-state index contributed by atoms with van der Waals surface area (Å²) in [6.45, 7) is 7.71. The molecular weight excluding hydrogens is 454 g/mol.